The van der Waals surface area contributed by atoms with Gasteiger partial charge in [-0.05, 0) is 48.2 Å². The highest BCUT2D eigenvalue weighted by Crippen LogP contribution is 2.41. The zero-order valence-electron chi connectivity index (χ0n) is 16.6. The maximum absolute atomic E-state index is 12.6. The van der Waals surface area contributed by atoms with E-state index in [0.717, 1.165) is 0 Å². The molecule has 0 unspecified atom stereocenters. The normalized spacial score (nSPS) is 14.6. The molecule has 0 spiro atoms. The van der Waals surface area contributed by atoms with Crippen LogP contribution in [0.25, 0.3) is 0 Å². The number of nitro benzene ring substituents is 2. The number of non-ortho nitro benzene ring substituents is 2. The van der Waals surface area contributed by atoms with Crippen molar-refractivity contribution in [2.75, 3.05) is 0 Å². The van der Waals surface area contributed by atoms with Gasteiger partial charge in [-0.2, -0.15) is 10.2 Å². The van der Waals surface area contributed by atoms with E-state index in [1.54, 1.807) is 0 Å². The second-order valence-corrected chi connectivity index (χ2v) is 7.03. The highest BCUT2D eigenvalue weighted by Gasteiger charge is 2.51. The largest absolute Gasteiger partial charge is 0.272 e. The molecule has 1 aliphatic rings. The average Bonchev–Trinajstić information content (AvgIpc) is 2.73. The second-order valence-electron chi connectivity index (χ2n) is 7.03. The molecule has 12 nitrogen and oxygen atoms in total. The summed E-state index contributed by atoms with van der Waals surface area (Å²) in [6.45, 7) is 0. The fourth-order valence-electron chi connectivity index (χ4n) is 3.00. The molecule has 12 heteroatoms. The van der Waals surface area contributed by atoms with Crippen molar-refractivity contribution in [2.45, 2.75) is 19.3 Å². The monoisotopic (exact) mass is 438 g/mol. The highest BCUT2D eigenvalue weighted by molar-refractivity contribution is 6.06. The molecule has 2 amide bonds. The van der Waals surface area contributed by atoms with Crippen LogP contribution < -0.4 is 10.9 Å². The van der Waals surface area contributed by atoms with Gasteiger partial charge >= 0.3 is 0 Å². The van der Waals surface area contributed by atoms with Gasteiger partial charge in [-0.15, -0.1) is 0 Å². The quantitative estimate of drug-likeness (QED) is 0.277. The Balaban J connectivity index is 1.57. The van der Waals surface area contributed by atoms with Gasteiger partial charge in [-0.25, -0.2) is 10.9 Å². The van der Waals surface area contributed by atoms with Crippen molar-refractivity contribution in [2.24, 2.45) is 15.6 Å². The number of rotatable bonds is 8. The first-order chi connectivity index (χ1) is 15.3. The van der Waals surface area contributed by atoms with Crippen molar-refractivity contribution in [3.8, 4) is 0 Å². The third-order valence-corrected chi connectivity index (χ3v) is 5.04. The molecule has 0 atom stereocenters. The zero-order chi connectivity index (χ0) is 23.1. The molecule has 3 rings (SSSR count). The summed E-state index contributed by atoms with van der Waals surface area (Å²) in [5.41, 5.74) is 4.33. The number of hydrazone groups is 2. The summed E-state index contributed by atoms with van der Waals surface area (Å²) in [5, 5.41) is 29.0. The maximum Gasteiger partial charge on any atom is 0.269 e. The molecule has 2 aromatic carbocycles. The van der Waals surface area contributed by atoms with Gasteiger partial charge in [-0.3, -0.25) is 29.8 Å². The van der Waals surface area contributed by atoms with Crippen molar-refractivity contribution < 1.29 is 19.4 Å². The molecule has 32 heavy (non-hydrogen) atoms. The fourth-order valence-corrected chi connectivity index (χ4v) is 3.00. The first kappa shape index (κ1) is 22.2. The van der Waals surface area contributed by atoms with E-state index >= 15 is 0 Å². The topological polar surface area (TPSA) is 169 Å². The zero-order valence-corrected chi connectivity index (χ0v) is 16.6. The highest BCUT2D eigenvalue weighted by atomic mass is 16.6. The van der Waals surface area contributed by atoms with Crippen LogP contribution >= 0.6 is 0 Å². The van der Waals surface area contributed by atoms with Crippen LogP contribution in [0.1, 0.15) is 30.4 Å². The standard InChI is InChI=1S/C20H18N6O6/c27-18(23-21-12-14-2-6-16(7-3-14)25(29)30)20(10-1-11-20)19(28)24-22-13-15-4-8-17(9-5-15)26(31)32/h2-9,12-13H,1,10-11H2,(H,23,27)(H,24,28)/b21-12-,22-13-. The molecule has 0 radical (unpaired) electrons. The second kappa shape index (κ2) is 9.55. The number of nitrogens with zero attached hydrogens (tertiary/aromatic N) is 4. The number of nitro groups is 2. The Kier molecular flexibility index (Phi) is 6.63. The Labute approximate surface area is 181 Å². The van der Waals surface area contributed by atoms with Crippen LogP contribution in [0.3, 0.4) is 0 Å². The Morgan fingerprint density at radius 1 is 0.781 bits per heavy atom. The molecule has 0 aliphatic heterocycles. The summed E-state index contributed by atoms with van der Waals surface area (Å²) < 4.78 is 0. The van der Waals surface area contributed by atoms with Crippen molar-refractivity contribution in [1.82, 2.24) is 10.9 Å². The van der Waals surface area contributed by atoms with Crippen molar-refractivity contribution in [3.05, 3.63) is 79.9 Å². The van der Waals surface area contributed by atoms with Gasteiger partial charge in [-0.1, -0.05) is 6.42 Å². The van der Waals surface area contributed by atoms with Gasteiger partial charge < -0.3 is 0 Å². The van der Waals surface area contributed by atoms with Crippen LogP contribution in [0.5, 0.6) is 0 Å². The molecule has 0 saturated heterocycles. The fraction of sp³-hybridized carbons (Fsp3) is 0.200. The lowest BCUT2D eigenvalue weighted by atomic mass is 9.67. The minimum atomic E-state index is -1.29. The van der Waals surface area contributed by atoms with Gasteiger partial charge in [0.1, 0.15) is 5.41 Å². The SMILES string of the molecule is O=C(N/N=C\c1ccc([N+](=O)[O-])cc1)C1(C(=O)N/N=C\c2ccc([N+](=O)[O-])cc2)CCC1. The van der Waals surface area contributed by atoms with E-state index in [9.17, 15) is 29.8 Å². The number of hydrogen-bond donors (Lipinski definition) is 2. The Morgan fingerprint density at radius 3 is 1.44 bits per heavy atom. The third-order valence-electron chi connectivity index (χ3n) is 5.04. The van der Waals surface area contributed by atoms with Crippen LogP contribution in [-0.2, 0) is 9.59 Å². The molecule has 1 saturated carbocycles. The summed E-state index contributed by atoms with van der Waals surface area (Å²) in [6.07, 6.45) is 4.01. The molecule has 0 heterocycles. The summed E-state index contributed by atoms with van der Waals surface area (Å²) in [5.74, 6) is -1.16. The third kappa shape index (κ3) is 4.98. The summed E-state index contributed by atoms with van der Waals surface area (Å²) in [6, 6.07) is 11.2. The van der Waals surface area contributed by atoms with Crippen molar-refractivity contribution in [3.63, 3.8) is 0 Å². The lowest BCUT2D eigenvalue weighted by molar-refractivity contribution is -0.385. The summed E-state index contributed by atoms with van der Waals surface area (Å²) in [7, 11) is 0. The van der Waals surface area contributed by atoms with Gasteiger partial charge in [0.05, 0.1) is 22.3 Å². The van der Waals surface area contributed by atoms with Gasteiger partial charge in [0.25, 0.3) is 23.2 Å². The van der Waals surface area contributed by atoms with E-state index in [2.05, 4.69) is 21.1 Å². The average molecular weight is 438 g/mol. The van der Waals surface area contributed by atoms with Crippen LogP contribution in [0, 0.1) is 25.6 Å². The lowest BCUT2D eigenvalue weighted by Crippen LogP contribution is -2.53. The van der Waals surface area contributed by atoms with Crippen LogP contribution in [0.15, 0.2) is 58.7 Å². The van der Waals surface area contributed by atoms with E-state index in [-0.39, 0.29) is 11.4 Å². The minimum Gasteiger partial charge on any atom is -0.272 e. The molecule has 2 N–H and O–H groups in total. The molecule has 0 bridgehead atoms. The lowest BCUT2D eigenvalue weighted by Gasteiger charge is -2.36. The van der Waals surface area contributed by atoms with Gasteiger partial charge in [0, 0.05) is 24.3 Å². The molecular formula is C20H18N6O6. The molecule has 2 aromatic rings. The maximum atomic E-state index is 12.6. The number of nitrogens with one attached hydrogen (secondary N) is 2. The van der Waals surface area contributed by atoms with E-state index in [4.69, 9.17) is 0 Å². The molecule has 164 valence electrons. The molecule has 1 fully saturated rings. The van der Waals surface area contributed by atoms with Crippen LogP contribution in [0.2, 0.25) is 0 Å². The summed E-state index contributed by atoms with van der Waals surface area (Å²) in [4.78, 5) is 45.4. The molecule has 0 aromatic heterocycles. The Morgan fingerprint density at radius 2 is 1.16 bits per heavy atom. The first-order valence-electron chi connectivity index (χ1n) is 9.48. The Bertz CT molecular complexity index is 1010. The predicted octanol–water partition coefficient (Wildman–Crippen LogP) is 2.27. The number of carbonyl (C=O) groups excluding carboxylic acids is 2. The number of carbonyl (C=O) groups is 2. The summed E-state index contributed by atoms with van der Waals surface area (Å²) >= 11 is 0. The van der Waals surface area contributed by atoms with E-state index in [1.165, 1.54) is 61.0 Å². The van der Waals surface area contributed by atoms with Gasteiger partial charge in [0.2, 0.25) is 0 Å². The van der Waals surface area contributed by atoms with E-state index < -0.39 is 27.1 Å². The van der Waals surface area contributed by atoms with E-state index in [1.807, 2.05) is 0 Å². The Hall–Kier alpha value is -4.48. The number of hydrogen-bond acceptors (Lipinski definition) is 8. The molecule has 1 aliphatic carbocycles. The van der Waals surface area contributed by atoms with E-state index in [0.29, 0.717) is 30.4 Å². The first-order valence-corrected chi connectivity index (χ1v) is 9.48. The number of amides is 2. The number of benzene rings is 2. The van der Waals surface area contributed by atoms with Gasteiger partial charge in [0.15, 0.2) is 0 Å². The van der Waals surface area contributed by atoms with Crippen molar-refractivity contribution in [1.29, 1.82) is 0 Å². The predicted molar refractivity (Wildman–Crippen MR) is 114 cm³/mol. The van der Waals surface area contributed by atoms with Crippen molar-refractivity contribution >= 4 is 35.6 Å². The minimum absolute atomic E-state index is 0.0643. The smallest absolute Gasteiger partial charge is 0.269 e. The van der Waals surface area contributed by atoms with Crippen LogP contribution in [-0.4, -0.2) is 34.1 Å². The van der Waals surface area contributed by atoms with Crippen LogP contribution in [0.4, 0.5) is 11.4 Å². The molecular weight excluding hydrogens is 420 g/mol.